The quantitative estimate of drug-likeness (QED) is 0.0376. The first-order chi connectivity index (χ1) is 23.6. The molecule has 2 aliphatic heterocycles. The maximum atomic E-state index is 6.61. The summed E-state index contributed by atoms with van der Waals surface area (Å²) in [5.74, 6) is -1.13. The number of halogens is 1. The normalized spacial score (nSPS) is 21.5. The van der Waals surface area contributed by atoms with Crippen LogP contribution in [0, 0.1) is 0 Å². The van der Waals surface area contributed by atoms with Gasteiger partial charge in [-0.3, -0.25) is 0 Å². The third kappa shape index (κ3) is 23.3. The van der Waals surface area contributed by atoms with E-state index in [1.165, 1.54) is 193 Å². The van der Waals surface area contributed by atoms with E-state index in [4.69, 9.17) is 18.9 Å². The summed E-state index contributed by atoms with van der Waals surface area (Å²) in [4.78, 5) is 0. The predicted octanol–water partition coefficient (Wildman–Crippen LogP) is 10.1. The van der Waals surface area contributed by atoms with Gasteiger partial charge in [0.2, 0.25) is 0 Å². The Hall–Kier alpha value is 0.530. The minimum atomic E-state index is -0.583. The molecule has 2 heterocycles. The van der Waals surface area contributed by atoms with Gasteiger partial charge in [-0.2, -0.15) is 0 Å². The van der Waals surface area contributed by atoms with Gasteiger partial charge >= 0.3 is 0 Å². The number of ether oxygens (including phenoxy) is 4. The van der Waals surface area contributed by atoms with Crippen molar-refractivity contribution in [1.82, 2.24) is 0 Å². The fraction of sp³-hybridized carbons (Fsp3) is 1.00. The van der Waals surface area contributed by atoms with E-state index in [2.05, 4.69) is 34.7 Å². The molecule has 6 heteroatoms. The smallest absolute Gasteiger partial charge is 0.164 e. The van der Waals surface area contributed by atoms with Crippen LogP contribution in [-0.2, 0) is 18.9 Å². The number of rotatable bonds is 33. The van der Waals surface area contributed by atoms with Crippen LogP contribution in [0.15, 0.2) is 0 Å². The van der Waals surface area contributed by atoms with E-state index in [-0.39, 0.29) is 42.3 Å². The molecule has 50 heavy (non-hydrogen) atoms. The van der Waals surface area contributed by atoms with Crippen LogP contribution in [0.2, 0.25) is 0 Å². The lowest BCUT2D eigenvalue weighted by Crippen LogP contribution is -3.00. The average molecular weight is 822 g/mol. The summed E-state index contributed by atoms with van der Waals surface area (Å²) in [6.45, 7) is 16.8. The number of nitrogens with zero attached hydrogens (tertiary/aromatic N) is 1. The number of quaternary nitrogens is 1. The molecule has 300 valence electrons. The molecule has 0 spiro atoms. The van der Waals surface area contributed by atoms with Crippen molar-refractivity contribution in [3.05, 3.63) is 0 Å². The zero-order chi connectivity index (χ0) is 35.7. The van der Waals surface area contributed by atoms with Gasteiger partial charge in [0.1, 0.15) is 24.9 Å². The van der Waals surface area contributed by atoms with Crippen LogP contribution < -0.4 is 24.0 Å². The van der Waals surface area contributed by atoms with Crippen LogP contribution in [0.1, 0.15) is 221 Å². The Bertz CT molecular complexity index is 745. The Morgan fingerprint density at radius 2 is 0.800 bits per heavy atom. The van der Waals surface area contributed by atoms with Crippen LogP contribution >= 0.6 is 0 Å². The summed E-state index contributed by atoms with van der Waals surface area (Å²) in [7, 11) is 2.49. The van der Waals surface area contributed by atoms with Crippen molar-refractivity contribution in [3.63, 3.8) is 0 Å². The largest absolute Gasteiger partial charge is 1.00 e. The second-order valence-corrected chi connectivity index (χ2v) is 17.4. The first kappa shape index (κ1) is 48.5. The highest BCUT2D eigenvalue weighted by atomic mass is 127. The van der Waals surface area contributed by atoms with Gasteiger partial charge in [0.05, 0.1) is 26.7 Å². The molecule has 0 unspecified atom stereocenters. The van der Waals surface area contributed by atoms with Gasteiger partial charge in [-0.05, 0) is 53.4 Å². The molecule has 0 radical (unpaired) electrons. The Labute approximate surface area is 330 Å². The van der Waals surface area contributed by atoms with Gasteiger partial charge in [-0.25, -0.2) is 0 Å². The standard InChI is InChI=1S/C44H88NO4.HI/c1-8-10-12-14-16-18-20-22-24-26-28-30-32-34-36-45(7,37-35-33-31-29-27-25-23-21-19-17-15-13-11-9-2)38-40-42(49-44(5,6)47-40)41-39-46-43(3,4)48-41;/h40-42H,8-39H2,1-7H3;1H/q+1;/p-1/t40-,41+,42+;/m0./s1. The molecule has 0 aromatic rings. The lowest BCUT2D eigenvalue weighted by molar-refractivity contribution is -0.913. The zero-order valence-electron chi connectivity index (χ0n) is 34.8. The van der Waals surface area contributed by atoms with E-state index in [1.54, 1.807) is 0 Å². The molecule has 0 aromatic carbocycles. The van der Waals surface area contributed by atoms with E-state index in [0.717, 1.165) is 11.0 Å². The topological polar surface area (TPSA) is 36.9 Å². The first-order valence-electron chi connectivity index (χ1n) is 22.1. The van der Waals surface area contributed by atoms with Crippen LogP contribution in [-0.4, -0.2) is 67.7 Å². The summed E-state index contributed by atoms with van der Waals surface area (Å²) in [5, 5.41) is 0. The minimum absolute atomic E-state index is 0. The molecule has 0 saturated carbocycles. The molecule has 3 atom stereocenters. The Kier molecular flexibility index (Phi) is 28.1. The van der Waals surface area contributed by atoms with Crippen molar-refractivity contribution in [2.45, 2.75) is 251 Å². The first-order valence-corrected chi connectivity index (χ1v) is 22.1. The molecule has 0 aliphatic carbocycles. The molecule has 2 aliphatic rings. The minimum Gasteiger partial charge on any atom is -1.00 e. The fourth-order valence-corrected chi connectivity index (χ4v) is 8.30. The lowest BCUT2D eigenvalue weighted by atomic mass is 10.0. The van der Waals surface area contributed by atoms with Gasteiger partial charge < -0.3 is 47.4 Å². The molecule has 2 rings (SSSR count). The molecule has 0 amide bonds. The van der Waals surface area contributed by atoms with Crippen LogP contribution in [0.25, 0.3) is 0 Å². The van der Waals surface area contributed by atoms with Gasteiger partial charge in [0, 0.05) is 0 Å². The second-order valence-electron chi connectivity index (χ2n) is 17.4. The number of hydrogen-bond donors (Lipinski definition) is 0. The molecule has 5 nitrogen and oxygen atoms in total. The molecular weight excluding hydrogens is 733 g/mol. The molecule has 0 N–H and O–H groups in total. The highest BCUT2D eigenvalue weighted by Gasteiger charge is 2.51. The van der Waals surface area contributed by atoms with Crippen molar-refractivity contribution < 1.29 is 47.4 Å². The van der Waals surface area contributed by atoms with Gasteiger partial charge in [0.15, 0.2) is 11.6 Å². The number of likely N-dealkylation sites (N-methyl/N-ethyl adjacent to an activating group) is 1. The van der Waals surface area contributed by atoms with Crippen molar-refractivity contribution in [2.75, 3.05) is 33.3 Å². The van der Waals surface area contributed by atoms with Gasteiger partial charge in [-0.1, -0.05) is 168 Å². The summed E-state index contributed by atoms with van der Waals surface area (Å²) >= 11 is 0. The highest BCUT2D eigenvalue weighted by molar-refractivity contribution is 4.90. The van der Waals surface area contributed by atoms with E-state index in [1.807, 2.05) is 13.8 Å². The average Bonchev–Trinajstić information content (AvgIpc) is 3.57. The van der Waals surface area contributed by atoms with Crippen LogP contribution in [0.4, 0.5) is 0 Å². The lowest BCUT2D eigenvalue weighted by Gasteiger charge is -2.38. The highest BCUT2D eigenvalue weighted by Crippen LogP contribution is 2.36. The third-order valence-electron chi connectivity index (χ3n) is 11.3. The van der Waals surface area contributed by atoms with Crippen LogP contribution in [0.5, 0.6) is 0 Å². The van der Waals surface area contributed by atoms with Gasteiger partial charge in [0.25, 0.3) is 0 Å². The fourth-order valence-electron chi connectivity index (χ4n) is 8.30. The van der Waals surface area contributed by atoms with Gasteiger partial charge in [-0.15, -0.1) is 0 Å². The van der Waals surface area contributed by atoms with Crippen molar-refractivity contribution in [2.24, 2.45) is 0 Å². The monoisotopic (exact) mass is 822 g/mol. The van der Waals surface area contributed by atoms with Crippen molar-refractivity contribution >= 4 is 0 Å². The SMILES string of the molecule is CCCCCCCCCCCCCCCC[N+](C)(CCCCCCCCCCCCCCCC)C[C@@H]1OC(C)(C)O[C@H]1[C@H]1COC(C)(C)O1.[I-]. The Morgan fingerprint density at radius 1 is 0.460 bits per heavy atom. The van der Waals surface area contributed by atoms with E-state index in [9.17, 15) is 0 Å². The van der Waals surface area contributed by atoms with Crippen LogP contribution in [0.3, 0.4) is 0 Å². The number of unbranched alkanes of at least 4 members (excludes halogenated alkanes) is 26. The second kappa shape index (κ2) is 28.9. The summed E-state index contributed by atoms with van der Waals surface area (Å²) in [6, 6.07) is 0. The van der Waals surface area contributed by atoms with E-state index >= 15 is 0 Å². The summed E-state index contributed by atoms with van der Waals surface area (Å²) < 4.78 is 26.5. The molecular formula is C44H88INO4. The van der Waals surface area contributed by atoms with Crippen molar-refractivity contribution in [3.8, 4) is 0 Å². The summed E-state index contributed by atoms with van der Waals surface area (Å²) in [5.41, 5.74) is 0. The maximum absolute atomic E-state index is 6.61. The number of hydrogen-bond acceptors (Lipinski definition) is 4. The molecule has 2 saturated heterocycles. The predicted molar refractivity (Wildman–Crippen MR) is 210 cm³/mol. The molecule has 0 bridgehead atoms. The Balaban J connectivity index is 0.0000125. The van der Waals surface area contributed by atoms with E-state index in [0.29, 0.717) is 6.61 Å². The van der Waals surface area contributed by atoms with E-state index < -0.39 is 11.6 Å². The molecule has 0 aromatic heterocycles. The molecule has 2 fully saturated rings. The third-order valence-corrected chi connectivity index (χ3v) is 11.3. The Morgan fingerprint density at radius 3 is 1.12 bits per heavy atom. The van der Waals surface area contributed by atoms with Crippen molar-refractivity contribution in [1.29, 1.82) is 0 Å². The summed E-state index contributed by atoms with van der Waals surface area (Å²) in [6.07, 6.45) is 39.4. The zero-order valence-corrected chi connectivity index (χ0v) is 37.0. The maximum Gasteiger partial charge on any atom is 0.164 e.